The standard InChI is InChI=1S/C15H18O4/c1-4-5-10(16)18-12-9-6-7-15(3)11(8(9)2)14(17)19-13(12)15/h4-9,11-13H,1-3H3/b5-4+/t8-,9+,11-,12+,13-,15-/m0/s1. The second-order valence-corrected chi connectivity index (χ2v) is 5.90. The number of hydrogen-bond acceptors (Lipinski definition) is 4. The summed E-state index contributed by atoms with van der Waals surface area (Å²) in [5.74, 6) is -0.422. The summed E-state index contributed by atoms with van der Waals surface area (Å²) in [5, 5.41) is 0. The second-order valence-electron chi connectivity index (χ2n) is 5.90. The molecule has 4 rings (SSSR count). The lowest BCUT2D eigenvalue weighted by Gasteiger charge is -2.49. The van der Waals surface area contributed by atoms with Gasteiger partial charge in [0.05, 0.1) is 5.92 Å². The van der Waals surface area contributed by atoms with Crippen LogP contribution >= 0.6 is 0 Å². The van der Waals surface area contributed by atoms with Gasteiger partial charge in [0.25, 0.3) is 0 Å². The summed E-state index contributed by atoms with van der Waals surface area (Å²) in [7, 11) is 0. The molecular weight excluding hydrogens is 244 g/mol. The van der Waals surface area contributed by atoms with Crippen LogP contribution in [0, 0.1) is 23.2 Å². The van der Waals surface area contributed by atoms with Gasteiger partial charge in [-0.05, 0) is 12.8 Å². The Morgan fingerprint density at radius 1 is 1.53 bits per heavy atom. The molecular formula is C15H18O4. The molecule has 0 unspecified atom stereocenters. The van der Waals surface area contributed by atoms with Crippen LogP contribution < -0.4 is 0 Å². The third-order valence-electron chi connectivity index (χ3n) is 4.82. The molecule has 0 aromatic rings. The zero-order valence-corrected chi connectivity index (χ0v) is 11.3. The van der Waals surface area contributed by atoms with Crippen molar-refractivity contribution < 1.29 is 19.1 Å². The highest BCUT2D eigenvalue weighted by Crippen LogP contribution is 2.58. The molecule has 1 heterocycles. The van der Waals surface area contributed by atoms with E-state index in [1.165, 1.54) is 6.08 Å². The SMILES string of the molecule is C/C=C/C(=O)O[C@@H]1[C@@H]2C=C[C@@]3(C)[C@H](C(=O)O[C@@H]13)[C@H]2C. The molecule has 0 N–H and O–H groups in total. The maximum atomic E-state index is 12.0. The summed E-state index contributed by atoms with van der Waals surface area (Å²) >= 11 is 0. The van der Waals surface area contributed by atoms with Crippen molar-refractivity contribution >= 4 is 11.9 Å². The summed E-state index contributed by atoms with van der Waals surface area (Å²) in [4.78, 5) is 23.7. The van der Waals surface area contributed by atoms with Gasteiger partial charge in [0.1, 0.15) is 12.2 Å². The summed E-state index contributed by atoms with van der Waals surface area (Å²) in [6, 6.07) is 0. The third kappa shape index (κ3) is 1.52. The van der Waals surface area contributed by atoms with Crippen molar-refractivity contribution in [2.45, 2.75) is 33.0 Å². The predicted molar refractivity (Wildman–Crippen MR) is 68.0 cm³/mol. The lowest BCUT2D eigenvalue weighted by Crippen LogP contribution is -2.56. The fourth-order valence-corrected chi connectivity index (χ4v) is 3.93. The average Bonchev–Trinajstić information content (AvgIpc) is 2.55. The zero-order chi connectivity index (χ0) is 13.8. The molecule has 4 nitrogen and oxygen atoms in total. The minimum absolute atomic E-state index is 0.0671. The highest BCUT2D eigenvalue weighted by Gasteiger charge is 2.67. The number of esters is 2. The number of carbonyl (C=O) groups is 2. The number of allylic oxidation sites excluding steroid dienone is 1. The molecule has 4 heteroatoms. The van der Waals surface area contributed by atoms with E-state index in [1.807, 2.05) is 13.8 Å². The van der Waals surface area contributed by atoms with E-state index < -0.39 is 0 Å². The lowest BCUT2D eigenvalue weighted by molar-refractivity contribution is -0.166. The first-order valence-corrected chi connectivity index (χ1v) is 6.72. The van der Waals surface area contributed by atoms with Gasteiger partial charge in [-0.15, -0.1) is 0 Å². The van der Waals surface area contributed by atoms with E-state index in [-0.39, 0.29) is 47.3 Å². The van der Waals surface area contributed by atoms with Crippen LogP contribution in [0.5, 0.6) is 0 Å². The normalized spacial score (nSPS) is 46.7. The van der Waals surface area contributed by atoms with E-state index in [0.717, 1.165) is 0 Å². The molecule has 0 aromatic carbocycles. The van der Waals surface area contributed by atoms with E-state index in [1.54, 1.807) is 13.0 Å². The molecule has 4 aliphatic rings. The van der Waals surface area contributed by atoms with Gasteiger partial charge in [-0.1, -0.05) is 32.1 Å². The van der Waals surface area contributed by atoms with Crippen molar-refractivity contribution in [2.24, 2.45) is 23.2 Å². The fourth-order valence-electron chi connectivity index (χ4n) is 3.93. The van der Waals surface area contributed by atoms with Crippen LogP contribution in [0.15, 0.2) is 24.3 Å². The van der Waals surface area contributed by atoms with Gasteiger partial charge in [0, 0.05) is 17.4 Å². The maximum Gasteiger partial charge on any atom is 0.330 e. The molecule has 1 saturated carbocycles. The van der Waals surface area contributed by atoms with Crippen LogP contribution in [-0.4, -0.2) is 24.1 Å². The van der Waals surface area contributed by atoms with Crippen molar-refractivity contribution in [3.8, 4) is 0 Å². The third-order valence-corrected chi connectivity index (χ3v) is 4.82. The van der Waals surface area contributed by atoms with Gasteiger partial charge in [-0.3, -0.25) is 4.79 Å². The average molecular weight is 262 g/mol. The summed E-state index contributed by atoms with van der Waals surface area (Å²) < 4.78 is 11.0. The monoisotopic (exact) mass is 262 g/mol. The molecule has 0 radical (unpaired) electrons. The molecule has 1 saturated heterocycles. The fraction of sp³-hybridized carbons (Fsp3) is 0.600. The zero-order valence-electron chi connectivity index (χ0n) is 11.3. The van der Waals surface area contributed by atoms with Crippen LogP contribution in [0.2, 0.25) is 0 Å². The van der Waals surface area contributed by atoms with Crippen molar-refractivity contribution in [1.29, 1.82) is 0 Å². The molecule has 2 fully saturated rings. The predicted octanol–water partition coefficient (Wildman–Crippen LogP) is 1.86. The van der Waals surface area contributed by atoms with Crippen molar-refractivity contribution in [1.82, 2.24) is 0 Å². The van der Waals surface area contributed by atoms with E-state index in [0.29, 0.717) is 0 Å². The highest BCUT2D eigenvalue weighted by molar-refractivity contribution is 5.83. The number of hydrogen-bond donors (Lipinski definition) is 0. The Morgan fingerprint density at radius 2 is 2.26 bits per heavy atom. The van der Waals surface area contributed by atoms with Gasteiger partial charge in [0.15, 0.2) is 0 Å². The van der Waals surface area contributed by atoms with E-state index in [2.05, 4.69) is 12.2 Å². The first-order valence-electron chi connectivity index (χ1n) is 6.72. The van der Waals surface area contributed by atoms with Crippen LogP contribution in [0.3, 0.4) is 0 Å². The molecule has 6 atom stereocenters. The van der Waals surface area contributed by atoms with Crippen LogP contribution in [0.1, 0.15) is 20.8 Å². The molecule has 0 spiro atoms. The lowest BCUT2D eigenvalue weighted by atomic mass is 9.54. The van der Waals surface area contributed by atoms with E-state index in [9.17, 15) is 9.59 Å². The minimum Gasteiger partial charge on any atom is -0.457 e. The van der Waals surface area contributed by atoms with Gasteiger partial charge in [-0.2, -0.15) is 0 Å². The van der Waals surface area contributed by atoms with Gasteiger partial charge >= 0.3 is 11.9 Å². The largest absolute Gasteiger partial charge is 0.457 e. The molecule has 4 bridgehead atoms. The highest BCUT2D eigenvalue weighted by atomic mass is 16.6. The summed E-state index contributed by atoms with van der Waals surface area (Å²) in [6.45, 7) is 5.83. The quantitative estimate of drug-likeness (QED) is 0.433. The minimum atomic E-state index is -0.372. The van der Waals surface area contributed by atoms with Crippen LogP contribution in [-0.2, 0) is 19.1 Å². The van der Waals surface area contributed by atoms with Gasteiger partial charge in [-0.25, -0.2) is 4.79 Å². The Morgan fingerprint density at radius 3 is 2.95 bits per heavy atom. The van der Waals surface area contributed by atoms with Gasteiger partial charge < -0.3 is 9.47 Å². The van der Waals surface area contributed by atoms with Crippen LogP contribution in [0.25, 0.3) is 0 Å². The molecule has 1 aliphatic heterocycles. The molecule has 19 heavy (non-hydrogen) atoms. The number of ether oxygens (including phenoxy) is 2. The number of rotatable bonds is 2. The van der Waals surface area contributed by atoms with E-state index >= 15 is 0 Å². The topological polar surface area (TPSA) is 52.6 Å². The van der Waals surface area contributed by atoms with E-state index in [4.69, 9.17) is 9.47 Å². The second kappa shape index (κ2) is 3.95. The molecule has 3 aliphatic carbocycles. The molecule has 0 aromatic heterocycles. The Labute approximate surface area is 112 Å². The van der Waals surface area contributed by atoms with Crippen molar-refractivity contribution in [3.63, 3.8) is 0 Å². The first-order chi connectivity index (χ1) is 8.99. The van der Waals surface area contributed by atoms with Gasteiger partial charge in [0.2, 0.25) is 0 Å². The Hall–Kier alpha value is -1.58. The Balaban J connectivity index is 1.94. The summed E-state index contributed by atoms with van der Waals surface area (Å²) in [6.07, 6.45) is 6.48. The smallest absolute Gasteiger partial charge is 0.330 e. The first kappa shape index (κ1) is 12.5. The van der Waals surface area contributed by atoms with Crippen LogP contribution in [0.4, 0.5) is 0 Å². The summed E-state index contributed by atoms with van der Waals surface area (Å²) in [5.41, 5.74) is -0.341. The van der Waals surface area contributed by atoms with Crippen molar-refractivity contribution in [3.05, 3.63) is 24.3 Å². The van der Waals surface area contributed by atoms with Crippen molar-refractivity contribution in [2.75, 3.05) is 0 Å². The Bertz CT molecular complexity index is 492. The number of carbonyl (C=O) groups excluding carboxylic acids is 2. The Kier molecular flexibility index (Phi) is 2.59. The molecule has 0 amide bonds. The molecule has 102 valence electrons. The maximum absolute atomic E-state index is 12.0.